The number of hydrogen-bond acceptors (Lipinski definition) is 2. The zero-order valence-electron chi connectivity index (χ0n) is 13.5. The number of pyridine rings is 1. The van der Waals surface area contributed by atoms with Gasteiger partial charge < -0.3 is 0 Å². The van der Waals surface area contributed by atoms with Gasteiger partial charge in [-0.2, -0.15) is 9.67 Å². The lowest BCUT2D eigenvalue weighted by molar-refractivity contribution is -0.688. The Morgan fingerprint density at radius 1 is 1.04 bits per heavy atom. The molecule has 1 aromatic heterocycles. The molecule has 1 amide bonds. The summed E-state index contributed by atoms with van der Waals surface area (Å²) >= 11 is 3.38. The van der Waals surface area contributed by atoms with E-state index in [0.29, 0.717) is 12.1 Å². The summed E-state index contributed by atoms with van der Waals surface area (Å²) in [6.45, 7) is 0.712. The average Bonchev–Trinajstić information content (AvgIpc) is 2.64. The van der Waals surface area contributed by atoms with Gasteiger partial charge in [0.05, 0.1) is 6.21 Å². The molecule has 4 nitrogen and oxygen atoms in total. The van der Waals surface area contributed by atoms with Crippen molar-refractivity contribution in [1.82, 2.24) is 5.43 Å². The first-order chi connectivity index (χ1) is 12.2. The Morgan fingerprint density at radius 3 is 2.56 bits per heavy atom. The second-order valence-corrected chi connectivity index (χ2v) is 6.42. The van der Waals surface area contributed by atoms with Gasteiger partial charge in [-0.3, -0.25) is 4.79 Å². The lowest BCUT2D eigenvalue weighted by atomic mass is 10.2. The number of benzene rings is 2. The molecule has 1 N–H and O–H groups in total. The minimum Gasteiger partial charge on any atom is -0.267 e. The van der Waals surface area contributed by atoms with Gasteiger partial charge in [0.1, 0.15) is 5.56 Å². The molecule has 5 heteroatoms. The van der Waals surface area contributed by atoms with Crippen LogP contribution in [0.15, 0.2) is 88.7 Å². The van der Waals surface area contributed by atoms with Crippen molar-refractivity contribution in [3.8, 4) is 0 Å². The van der Waals surface area contributed by atoms with E-state index in [4.69, 9.17) is 0 Å². The molecule has 2 aromatic carbocycles. The number of carbonyl (C=O) groups is 1. The Bertz CT molecular complexity index is 877. The number of nitrogens with zero attached hydrogens (tertiary/aromatic N) is 2. The SMILES string of the molecule is O=C(N/N=C/c1ccc(Br)cc1)c1ccc[n+](Cc2ccccc2)c1. The normalized spacial score (nSPS) is 10.8. The summed E-state index contributed by atoms with van der Waals surface area (Å²) in [5, 5.41) is 4.01. The highest BCUT2D eigenvalue weighted by Crippen LogP contribution is 2.09. The first-order valence-electron chi connectivity index (χ1n) is 7.83. The number of rotatable bonds is 5. The Balaban J connectivity index is 1.64. The monoisotopic (exact) mass is 394 g/mol. The van der Waals surface area contributed by atoms with Gasteiger partial charge in [0.2, 0.25) is 0 Å². The highest BCUT2D eigenvalue weighted by Gasteiger charge is 2.10. The van der Waals surface area contributed by atoms with Gasteiger partial charge in [0.15, 0.2) is 18.9 Å². The molecule has 1 heterocycles. The van der Waals surface area contributed by atoms with Crippen molar-refractivity contribution in [3.05, 3.63) is 100 Å². The van der Waals surface area contributed by atoms with Crippen LogP contribution in [-0.4, -0.2) is 12.1 Å². The van der Waals surface area contributed by atoms with E-state index in [1.54, 1.807) is 12.3 Å². The van der Waals surface area contributed by atoms with Crippen LogP contribution in [0.2, 0.25) is 0 Å². The Kier molecular flexibility index (Phi) is 5.69. The number of halogens is 1. The highest BCUT2D eigenvalue weighted by molar-refractivity contribution is 9.10. The van der Waals surface area contributed by atoms with E-state index in [1.807, 2.05) is 65.5 Å². The van der Waals surface area contributed by atoms with Crippen LogP contribution in [0.1, 0.15) is 21.5 Å². The number of hydrazone groups is 1. The zero-order valence-corrected chi connectivity index (χ0v) is 15.1. The zero-order chi connectivity index (χ0) is 17.5. The molecule has 0 saturated heterocycles. The molecule has 0 bridgehead atoms. The van der Waals surface area contributed by atoms with Crippen LogP contribution in [-0.2, 0) is 6.54 Å². The third kappa shape index (κ3) is 5.09. The maximum atomic E-state index is 12.2. The van der Waals surface area contributed by atoms with Gasteiger partial charge in [0.25, 0.3) is 5.91 Å². The molecule has 0 aliphatic heterocycles. The number of hydrogen-bond donors (Lipinski definition) is 1. The molecule has 3 rings (SSSR count). The average molecular weight is 395 g/mol. The highest BCUT2D eigenvalue weighted by atomic mass is 79.9. The predicted octanol–water partition coefficient (Wildman–Crippen LogP) is 3.55. The van der Waals surface area contributed by atoms with Crippen molar-refractivity contribution in [3.63, 3.8) is 0 Å². The standard InChI is InChI=1S/C20H16BrN3O/c21-19-10-8-16(9-11-19)13-22-23-20(25)18-7-4-12-24(15-18)14-17-5-2-1-3-6-17/h1-13,15H,14H2/p+1/b22-13+. The largest absolute Gasteiger partial charge is 0.277 e. The van der Waals surface area contributed by atoms with Crippen LogP contribution in [0, 0.1) is 0 Å². The van der Waals surface area contributed by atoms with Crippen molar-refractivity contribution < 1.29 is 9.36 Å². The van der Waals surface area contributed by atoms with Gasteiger partial charge in [0, 0.05) is 16.1 Å². The van der Waals surface area contributed by atoms with E-state index in [9.17, 15) is 4.79 Å². The van der Waals surface area contributed by atoms with Gasteiger partial charge in [-0.05, 0) is 23.8 Å². The van der Waals surface area contributed by atoms with Crippen molar-refractivity contribution >= 4 is 28.1 Å². The third-order valence-corrected chi connectivity index (χ3v) is 4.11. The first-order valence-corrected chi connectivity index (χ1v) is 8.62. The number of nitrogens with one attached hydrogen (secondary N) is 1. The summed E-state index contributed by atoms with van der Waals surface area (Å²) in [4.78, 5) is 12.2. The molecular weight excluding hydrogens is 378 g/mol. The van der Waals surface area contributed by atoms with E-state index in [-0.39, 0.29) is 5.91 Å². The maximum Gasteiger partial charge on any atom is 0.277 e. The first kappa shape index (κ1) is 17.0. The van der Waals surface area contributed by atoms with Crippen LogP contribution in [0.4, 0.5) is 0 Å². The van der Waals surface area contributed by atoms with Crippen molar-refractivity contribution in [2.45, 2.75) is 6.54 Å². The predicted molar refractivity (Wildman–Crippen MR) is 101 cm³/mol. The summed E-state index contributed by atoms with van der Waals surface area (Å²) in [5.74, 6) is -0.240. The molecule has 0 aliphatic carbocycles. The fourth-order valence-corrected chi connectivity index (χ4v) is 2.59. The van der Waals surface area contributed by atoms with E-state index in [1.165, 1.54) is 5.56 Å². The summed E-state index contributed by atoms with van der Waals surface area (Å²) in [7, 11) is 0. The smallest absolute Gasteiger partial charge is 0.267 e. The molecule has 0 unspecified atom stereocenters. The summed E-state index contributed by atoms with van der Waals surface area (Å²) in [6, 6.07) is 21.4. The van der Waals surface area contributed by atoms with Crippen LogP contribution in [0.5, 0.6) is 0 Å². The second kappa shape index (κ2) is 8.35. The molecule has 25 heavy (non-hydrogen) atoms. The van der Waals surface area contributed by atoms with Crippen molar-refractivity contribution in [1.29, 1.82) is 0 Å². The minimum atomic E-state index is -0.240. The van der Waals surface area contributed by atoms with Crippen LogP contribution in [0.3, 0.4) is 0 Å². The number of aromatic nitrogens is 1. The van der Waals surface area contributed by atoms with Crippen LogP contribution < -0.4 is 9.99 Å². The molecular formula is C20H17BrN3O+. The Morgan fingerprint density at radius 2 is 1.80 bits per heavy atom. The van der Waals surface area contributed by atoms with Crippen LogP contribution >= 0.6 is 15.9 Å². The topological polar surface area (TPSA) is 45.3 Å². The second-order valence-electron chi connectivity index (χ2n) is 5.50. The van der Waals surface area contributed by atoms with Crippen LogP contribution in [0.25, 0.3) is 0 Å². The number of amides is 1. The molecule has 0 atom stereocenters. The quantitative estimate of drug-likeness (QED) is 0.401. The maximum absolute atomic E-state index is 12.2. The lowest BCUT2D eigenvalue weighted by Gasteiger charge is -2.01. The molecule has 3 aromatic rings. The minimum absolute atomic E-state index is 0.240. The molecule has 0 fully saturated rings. The van der Waals surface area contributed by atoms with E-state index in [2.05, 4.69) is 38.6 Å². The molecule has 0 radical (unpaired) electrons. The summed E-state index contributed by atoms with van der Waals surface area (Å²) < 4.78 is 2.98. The van der Waals surface area contributed by atoms with Gasteiger partial charge >= 0.3 is 0 Å². The molecule has 124 valence electrons. The number of carbonyl (C=O) groups excluding carboxylic acids is 1. The fraction of sp³-hybridized carbons (Fsp3) is 0.0500. The molecule has 0 saturated carbocycles. The Labute approximate surface area is 155 Å². The van der Waals surface area contributed by atoms with E-state index in [0.717, 1.165) is 10.0 Å². The fourth-order valence-electron chi connectivity index (χ4n) is 2.33. The van der Waals surface area contributed by atoms with E-state index >= 15 is 0 Å². The molecule has 0 aliphatic rings. The van der Waals surface area contributed by atoms with Crippen molar-refractivity contribution in [2.75, 3.05) is 0 Å². The third-order valence-electron chi connectivity index (χ3n) is 3.58. The molecule has 0 spiro atoms. The van der Waals surface area contributed by atoms with Crippen molar-refractivity contribution in [2.24, 2.45) is 5.10 Å². The Hall–Kier alpha value is -2.79. The summed E-state index contributed by atoms with van der Waals surface area (Å²) in [6.07, 6.45) is 5.37. The van der Waals surface area contributed by atoms with E-state index < -0.39 is 0 Å². The van der Waals surface area contributed by atoms with Gasteiger partial charge in [-0.25, -0.2) is 5.43 Å². The van der Waals surface area contributed by atoms with Gasteiger partial charge in [-0.1, -0.05) is 58.4 Å². The van der Waals surface area contributed by atoms with Gasteiger partial charge in [-0.15, -0.1) is 0 Å². The lowest BCUT2D eigenvalue weighted by Crippen LogP contribution is -2.35. The summed E-state index contributed by atoms with van der Waals surface area (Å²) in [5.41, 5.74) is 5.21.